The van der Waals surface area contributed by atoms with Crippen molar-refractivity contribution in [2.75, 3.05) is 39.7 Å². The van der Waals surface area contributed by atoms with Crippen molar-refractivity contribution in [2.24, 2.45) is 0 Å². The predicted octanol–water partition coefficient (Wildman–Crippen LogP) is 6.09. The second-order valence-corrected chi connectivity index (χ2v) is 11.0. The number of fused-ring (bicyclic) bond motifs is 1. The summed E-state index contributed by atoms with van der Waals surface area (Å²) in [6, 6.07) is 19.5. The fourth-order valence-corrected chi connectivity index (χ4v) is 5.01. The molecular formula is C35H36IrN10-6. The number of unbranched alkanes of at least 4 members (excludes halogenated alkanes) is 1. The quantitative estimate of drug-likeness (QED) is 0.147. The molecule has 3 aromatic heterocycles. The minimum Gasteiger partial charge on any atom is -0.508 e. The van der Waals surface area contributed by atoms with Crippen molar-refractivity contribution >= 4 is 28.7 Å². The maximum atomic E-state index is 4.41. The van der Waals surface area contributed by atoms with Gasteiger partial charge in [0.25, 0.3) is 0 Å². The molecular weight excluding hydrogens is 753 g/mol. The smallest absolute Gasteiger partial charge is 0.143 e. The molecule has 4 aromatic rings. The van der Waals surface area contributed by atoms with E-state index in [-0.39, 0.29) is 20.1 Å². The summed E-state index contributed by atoms with van der Waals surface area (Å²) in [7, 11) is 1.97. The Morgan fingerprint density at radius 3 is 1.80 bits per heavy atom. The summed E-state index contributed by atoms with van der Waals surface area (Å²) in [4.78, 5) is 29.5. The maximum Gasteiger partial charge on any atom is 0.143 e. The van der Waals surface area contributed by atoms with Crippen LogP contribution in [0.5, 0.6) is 0 Å². The maximum absolute atomic E-state index is 4.41. The summed E-state index contributed by atoms with van der Waals surface area (Å²) in [6.45, 7) is 12.5. The van der Waals surface area contributed by atoms with Crippen molar-refractivity contribution in [2.45, 2.75) is 32.6 Å². The molecule has 0 fully saturated rings. The van der Waals surface area contributed by atoms with E-state index in [1.54, 1.807) is 24.8 Å². The van der Waals surface area contributed by atoms with E-state index in [0.29, 0.717) is 5.92 Å². The zero-order valence-electron chi connectivity index (χ0n) is 26.1. The Morgan fingerprint density at radius 1 is 0.696 bits per heavy atom. The average molecular weight is 789 g/mol. The first-order valence-electron chi connectivity index (χ1n) is 15.0. The van der Waals surface area contributed by atoms with Gasteiger partial charge in [0.15, 0.2) is 0 Å². The molecule has 0 N–H and O–H groups in total. The Balaban J connectivity index is 0.000000186. The number of nitrogens with zero attached hydrogens (tertiary/aromatic N) is 10. The number of benzene rings is 1. The first-order valence-corrected chi connectivity index (χ1v) is 15.0. The molecule has 0 amide bonds. The van der Waals surface area contributed by atoms with Gasteiger partial charge >= 0.3 is 0 Å². The molecule has 0 aliphatic carbocycles. The van der Waals surface area contributed by atoms with Crippen molar-refractivity contribution in [3.05, 3.63) is 136 Å². The molecule has 7 rings (SSSR count). The zero-order valence-corrected chi connectivity index (χ0v) is 28.5. The summed E-state index contributed by atoms with van der Waals surface area (Å²) in [6.07, 6.45) is 21.0. The van der Waals surface area contributed by atoms with Crippen LogP contribution < -0.4 is 19.6 Å². The monoisotopic (exact) mass is 789 g/mol. The number of hydrogen-bond acceptors (Lipinski definition) is 10. The van der Waals surface area contributed by atoms with Gasteiger partial charge in [-0.1, -0.05) is 50.0 Å². The van der Waals surface area contributed by atoms with Crippen LogP contribution in [-0.4, -0.2) is 49.9 Å². The van der Waals surface area contributed by atoms with Gasteiger partial charge in [-0.15, -0.1) is 18.4 Å². The molecule has 0 saturated heterocycles. The summed E-state index contributed by atoms with van der Waals surface area (Å²) < 4.78 is 0. The van der Waals surface area contributed by atoms with E-state index in [0.717, 1.165) is 54.6 Å². The Labute approximate surface area is 286 Å². The normalized spacial score (nSPS) is 15.0. The molecule has 3 aliphatic rings. The average Bonchev–Trinajstić information content (AvgIpc) is 3.84. The van der Waals surface area contributed by atoms with Gasteiger partial charge in [0, 0.05) is 32.5 Å². The van der Waals surface area contributed by atoms with E-state index in [1.807, 2.05) is 76.3 Å². The summed E-state index contributed by atoms with van der Waals surface area (Å²) in [5.41, 5.74) is 4.20. The Morgan fingerprint density at radius 2 is 1.26 bits per heavy atom. The minimum atomic E-state index is 0. The van der Waals surface area contributed by atoms with Crippen LogP contribution in [0.4, 0.5) is 28.7 Å². The number of anilines is 5. The Hall–Kier alpha value is -4.47. The third-order valence-electron chi connectivity index (χ3n) is 7.45. The van der Waals surface area contributed by atoms with Crippen LogP contribution in [0.25, 0.3) is 0 Å². The topological polar surface area (TPSA) is 71.0 Å². The number of aromatic nitrogens is 4. The van der Waals surface area contributed by atoms with Crippen molar-refractivity contribution in [1.82, 2.24) is 29.7 Å². The summed E-state index contributed by atoms with van der Waals surface area (Å²) in [5.74, 6) is 2.21. The van der Waals surface area contributed by atoms with Crippen molar-refractivity contribution < 1.29 is 20.1 Å². The van der Waals surface area contributed by atoms with Crippen LogP contribution in [0.1, 0.15) is 38.2 Å². The zero-order chi connectivity index (χ0) is 31.0. The predicted molar refractivity (Wildman–Crippen MR) is 177 cm³/mol. The molecule has 10 nitrogen and oxygen atoms in total. The third-order valence-corrected chi connectivity index (χ3v) is 7.45. The van der Waals surface area contributed by atoms with Gasteiger partial charge in [-0.2, -0.15) is 61.4 Å². The van der Waals surface area contributed by atoms with Crippen LogP contribution >= 0.6 is 0 Å². The van der Waals surface area contributed by atoms with Gasteiger partial charge in [-0.3, -0.25) is 0 Å². The van der Waals surface area contributed by atoms with E-state index in [1.165, 1.54) is 5.56 Å². The van der Waals surface area contributed by atoms with Crippen molar-refractivity contribution in [3.63, 3.8) is 0 Å². The van der Waals surface area contributed by atoms with E-state index >= 15 is 0 Å². The number of hydrogen-bond donors (Lipinski definition) is 0. The SMILES string of the molecule is CC(C)c1cc[c-]c(N2[CH-]N(C)c3nccnc32)c1.[Ir].[c-]1ccncc1N1C=CN(CCCCN2C=CN(c3[c-]ccnc3)[CH-]2)[CH-]1. The van der Waals surface area contributed by atoms with Gasteiger partial charge in [-0.25, -0.2) is 9.97 Å². The van der Waals surface area contributed by atoms with Gasteiger partial charge in [0.1, 0.15) is 11.6 Å². The molecule has 0 spiro atoms. The van der Waals surface area contributed by atoms with Crippen LogP contribution in [0.15, 0.2) is 92.3 Å². The number of pyridine rings is 2. The fourth-order valence-electron chi connectivity index (χ4n) is 5.01. The molecule has 0 bridgehead atoms. The van der Waals surface area contributed by atoms with Gasteiger partial charge < -0.3 is 39.4 Å². The molecule has 1 aromatic carbocycles. The molecule has 1 radical (unpaired) electrons. The Kier molecular flexibility index (Phi) is 11.2. The van der Waals surface area contributed by atoms with Gasteiger partial charge in [-0.05, 0) is 63.7 Å². The van der Waals surface area contributed by atoms with Crippen LogP contribution in [-0.2, 0) is 20.1 Å². The molecule has 0 unspecified atom stereocenters. The first kappa shape index (κ1) is 32.9. The van der Waals surface area contributed by atoms with Crippen molar-refractivity contribution in [1.29, 1.82) is 0 Å². The standard InChI is InChI=1S/C20H20N6.C15H16N4.Ir/c1(9-23-11-13-25(17-23)19-5-3-7-21-15-19)2-10-24-12-14-26(18-24)20-6-4-8-22-16-20;1-11(2)12-5-4-6-13(9-12)19-10-18(3)14-15(19)17-8-7-16-14;/h3-4,7-8,11-18H,1-2,9-10H2;4-5,7-11H,1-3H3;/q-4;-2;. The summed E-state index contributed by atoms with van der Waals surface area (Å²) in [5, 5.41) is 0. The molecule has 6 heterocycles. The molecule has 3 aliphatic heterocycles. The van der Waals surface area contributed by atoms with E-state index < -0.39 is 0 Å². The van der Waals surface area contributed by atoms with E-state index in [2.05, 4.69) is 99.7 Å². The van der Waals surface area contributed by atoms with Crippen LogP contribution in [0.2, 0.25) is 0 Å². The second kappa shape index (κ2) is 15.7. The molecule has 0 saturated carbocycles. The third kappa shape index (κ3) is 8.02. The molecule has 11 heteroatoms. The van der Waals surface area contributed by atoms with E-state index in [9.17, 15) is 0 Å². The number of rotatable bonds is 9. The largest absolute Gasteiger partial charge is 0.508 e. The van der Waals surface area contributed by atoms with Crippen LogP contribution in [0, 0.1) is 38.2 Å². The van der Waals surface area contributed by atoms with Crippen molar-refractivity contribution in [3.8, 4) is 0 Å². The Bertz CT molecular complexity index is 1520. The first-order chi connectivity index (χ1) is 22.0. The van der Waals surface area contributed by atoms with Gasteiger partial charge in [0.05, 0.1) is 0 Å². The molecule has 241 valence electrons. The second-order valence-electron chi connectivity index (χ2n) is 11.0. The van der Waals surface area contributed by atoms with E-state index in [4.69, 9.17) is 0 Å². The minimum absolute atomic E-state index is 0. The fraction of sp³-hybridized carbons (Fsp3) is 0.229. The molecule has 0 atom stereocenters. The van der Waals surface area contributed by atoms with Gasteiger partial charge in [0.2, 0.25) is 0 Å². The molecule has 46 heavy (non-hydrogen) atoms. The van der Waals surface area contributed by atoms with Crippen LogP contribution in [0.3, 0.4) is 0 Å². The summed E-state index contributed by atoms with van der Waals surface area (Å²) >= 11 is 0.